The molecule has 0 spiro atoms. The molecule has 1 N–H and O–H groups in total. The quantitative estimate of drug-likeness (QED) is 0.556. The summed E-state index contributed by atoms with van der Waals surface area (Å²) in [5.74, 6) is 0.176. The predicted molar refractivity (Wildman–Crippen MR) is 123 cm³/mol. The Labute approximate surface area is 194 Å². The van der Waals surface area contributed by atoms with Crippen LogP contribution in [0.5, 0.6) is 5.75 Å². The molecule has 2 heterocycles. The zero-order valence-corrected chi connectivity index (χ0v) is 19.9. The number of nitrogens with one attached hydrogen (secondary N) is 1. The standard InChI is InChI=1S/C22H21BrN4O4S/c1-14-3-5-15(6-4-14)21(28)26-22-24-12-16-13-27(10-9-18(16)25-22)32(29,30)20-11-17(23)7-8-19(20)31-2/h3-8,11-12H,9-10,13H2,1-2H3,(H,24,25,26,28). The van der Waals surface area contributed by atoms with Crippen molar-refractivity contribution >= 4 is 37.8 Å². The minimum absolute atomic E-state index is 0.0979. The molecule has 3 aromatic rings. The van der Waals surface area contributed by atoms with E-state index in [1.807, 2.05) is 19.1 Å². The Morgan fingerprint density at radius 1 is 1.19 bits per heavy atom. The molecule has 0 radical (unpaired) electrons. The molecule has 4 rings (SSSR count). The molecule has 1 aliphatic heterocycles. The number of sulfonamides is 1. The maximum atomic E-state index is 13.2. The molecule has 2 aromatic carbocycles. The van der Waals surface area contributed by atoms with Crippen LogP contribution in [0.4, 0.5) is 5.95 Å². The van der Waals surface area contributed by atoms with Gasteiger partial charge in [0.2, 0.25) is 16.0 Å². The van der Waals surface area contributed by atoms with Gasteiger partial charge in [-0.25, -0.2) is 18.4 Å². The first kappa shape index (κ1) is 22.4. The zero-order valence-electron chi connectivity index (χ0n) is 17.5. The molecule has 1 aromatic heterocycles. The van der Waals surface area contributed by atoms with E-state index in [9.17, 15) is 13.2 Å². The molecule has 0 atom stereocenters. The molecule has 0 saturated carbocycles. The molecule has 0 aliphatic carbocycles. The number of hydrogen-bond donors (Lipinski definition) is 1. The maximum absolute atomic E-state index is 13.2. The summed E-state index contributed by atoms with van der Waals surface area (Å²) in [7, 11) is -2.35. The number of carbonyl (C=O) groups excluding carboxylic acids is 1. The summed E-state index contributed by atoms with van der Waals surface area (Å²) in [6.07, 6.45) is 1.97. The van der Waals surface area contributed by atoms with E-state index in [0.717, 1.165) is 5.56 Å². The molecular formula is C22H21BrN4O4S. The van der Waals surface area contributed by atoms with E-state index in [2.05, 4.69) is 31.2 Å². The van der Waals surface area contributed by atoms with E-state index in [1.54, 1.807) is 30.5 Å². The highest BCUT2D eigenvalue weighted by Gasteiger charge is 2.31. The third kappa shape index (κ3) is 4.52. The van der Waals surface area contributed by atoms with E-state index < -0.39 is 10.0 Å². The van der Waals surface area contributed by atoms with E-state index in [-0.39, 0.29) is 35.6 Å². The van der Waals surface area contributed by atoms with E-state index in [0.29, 0.717) is 27.7 Å². The second-order valence-electron chi connectivity index (χ2n) is 7.37. The van der Waals surface area contributed by atoms with E-state index >= 15 is 0 Å². The fourth-order valence-corrected chi connectivity index (χ4v) is 5.54. The Balaban J connectivity index is 1.53. The summed E-state index contributed by atoms with van der Waals surface area (Å²) < 4.78 is 33.8. The van der Waals surface area contributed by atoms with Crippen LogP contribution < -0.4 is 10.1 Å². The van der Waals surface area contributed by atoms with Crippen LogP contribution in [0.25, 0.3) is 0 Å². The monoisotopic (exact) mass is 516 g/mol. The summed E-state index contributed by atoms with van der Waals surface area (Å²) in [5, 5.41) is 2.70. The number of ether oxygens (including phenoxy) is 1. The fraction of sp³-hybridized carbons (Fsp3) is 0.227. The molecule has 10 heteroatoms. The number of hydrogen-bond acceptors (Lipinski definition) is 6. The van der Waals surface area contributed by atoms with Crippen LogP contribution in [0.2, 0.25) is 0 Å². The van der Waals surface area contributed by atoms with Gasteiger partial charge in [-0.05, 0) is 37.3 Å². The lowest BCUT2D eigenvalue weighted by atomic mass is 10.1. The normalized spacial score (nSPS) is 14.0. The van der Waals surface area contributed by atoms with Gasteiger partial charge in [-0.15, -0.1) is 0 Å². The number of fused-ring (bicyclic) bond motifs is 1. The molecule has 0 unspecified atom stereocenters. The number of anilines is 1. The molecule has 0 fully saturated rings. The van der Waals surface area contributed by atoms with Crippen molar-refractivity contribution in [3.63, 3.8) is 0 Å². The largest absolute Gasteiger partial charge is 0.495 e. The summed E-state index contributed by atoms with van der Waals surface area (Å²) in [6, 6.07) is 12.1. The first-order valence-electron chi connectivity index (χ1n) is 9.84. The highest BCUT2D eigenvalue weighted by Crippen LogP contribution is 2.32. The number of aromatic nitrogens is 2. The maximum Gasteiger partial charge on any atom is 0.258 e. The van der Waals surface area contributed by atoms with Gasteiger partial charge < -0.3 is 4.74 Å². The van der Waals surface area contributed by atoms with Crippen molar-refractivity contribution in [1.29, 1.82) is 0 Å². The van der Waals surface area contributed by atoms with Gasteiger partial charge in [0.1, 0.15) is 10.6 Å². The Kier molecular flexibility index (Phi) is 6.27. The Morgan fingerprint density at radius 3 is 2.66 bits per heavy atom. The predicted octanol–water partition coefficient (Wildman–Crippen LogP) is 3.56. The fourth-order valence-electron chi connectivity index (χ4n) is 3.43. The minimum atomic E-state index is -3.79. The number of benzene rings is 2. The van der Waals surface area contributed by atoms with Crippen molar-refractivity contribution in [3.05, 3.63) is 75.5 Å². The van der Waals surface area contributed by atoms with Crippen molar-refractivity contribution in [2.75, 3.05) is 19.0 Å². The summed E-state index contributed by atoms with van der Waals surface area (Å²) in [4.78, 5) is 21.2. The third-order valence-corrected chi connectivity index (χ3v) is 7.54. The lowest BCUT2D eigenvalue weighted by Gasteiger charge is -2.28. The van der Waals surface area contributed by atoms with Gasteiger partial charge in [-0.1, -0.05) is 33.6 Å². The van der Waals surface area contributed by atoms with Crippen LogP contribution in [0, 0.1) is 6.92 Å². The van der Waals surface area contributed by atoms with Gasteiger partial charge in [0.05, 0.1) is 12.8 Å². The SMILES string of the molecule is COc1ccc(Br)cc1S(=O)(=O)N1CCc2nc(NC(=O)c3ccc(C)cc3)ncc2C1. The average Bonchev–Trinajstić information content (AvgIpc) is 2.79. The molecule has 1 aliphatic rings. The number of amides is 1. The van der Waals surface area contributed by atoms with Crippen LogP contribution in [0.3, 0.4) is 0 Å². The molecule has 8 nitrogen and oxygen atoms in total. The summed E-state index contributed by atoms with van der Waals surface area (Å²) in [5.41, 5.74) is 2.98. The molecule has 32 heavy (non-hydrogen) atoms. The average molecular weight is 517 g/mol. The van der Waals surface area contributed by atoms with Crippen LogP contribution in [-0.4, -0.2) is 42.3 Å². The third-order valence-electron chi connectivity index (χ3n) is 5.18. The van der Waals surface area contributed by atoms with Crippen molar-refractivity contribution in [3.8, 4) is 5.75 Å². The van der Waals surface area contributed by atoms with Gasteiger partial charge in [0.15, 0.2) is 0 Å². The summed E-state index contributed by atoms with van der Waals surface area (Å²) in [6.45, 7) is 2.34. The van der Waals surface area contributed by atoms with Gasteiger partial charge in [-0.2, -0.15) is 4.31 Å². The number of carbonyl (C=O) groups is 1. The highest BCUT2D eigenvalue weighted by molar-refractivity contribution is 9.10. The lowest BCUT2D eigenvalue weighted by Crippen LogP contribution is -2.36. The van der Waals surface area contributed by atoms with Crippen LogP contribution in [-0.2, 0) is 23.0 Å². The highest BCUT2D eigenvalue weighted by atomic mass is 79.9. The second kappa shape index (κ2) is 8.97. The smallest absolute Gasteiger partial charge is 0.258 e. The Bertz CT molecular complexity index is 1280. The number of rotatable bonds is 5. The van der Waals surface area contributed by atoms with Crippen molar-refractivity contribution < 1.29 is 17.9 Å². The van der Waals surface area contributed by atoms with E-state index in [1.165, 1.54) is 17.5 Å². The van der Waals surface area contributed by atoms with Crippen molar-refractivity contribution in [1.82, 2.24) is 14.3 Å². The summed E-state index contributed by atoms with van der Waals surface area (Å²) >= 11 is 3.32. The lowest BCUT2D eigenvalue weighted by molar-refractivity contribution is 0.102. The van der Waals surface area contributed by atoms with Gasteiger partial charge in [0.25, 0.3) is 5.91 Å². The van der Waals surface area contributed by atoms with Crippen LogP contribution in [0.15, 0.2) is 58.0 Å². The minimum Gasteiger partial charge on any atom is -0.495 e. The first-order chi connectivity index (χ1) is 15.3. The van der Waals surface area contributed by atoms with Crippen LogP contribution >= 0.6 is 15.9 Å². The second-order valence-corrected chi connectivity index (χ2v) is 10.2. The van der Waals surface area contributed by atoms with Crippen LogP contribution in [0.1, 0.15) is 27.2 Å². The number of nitrogens with zero attached hydrogens (tertiary/aromatic N) is 3. The molecule has 0 saturated heterocycles. The van der Waals surface area contributed by atoms with Crippen molar-refractivity contribution in [2.45, 2.75) is 24.8 Å². The van der Waals surface area contributed by atoms with E-state index in [4.69, 9.17) is 4.74 Å². The topological polar surface area (TPSA) is 101 Å². The van der Waals surface area contributed by atoms with Crippen molar-refractivity contribution in [2.24, 2.45) is 0 Å². The molecule has 166 valence electrons. The number of aryl methyl sites for hydroxylation is 1. The molecule has 0 bridgehead atoms. The molecular weight excluding hydrogens is 496 g/mol. The Morgan fingerprint density at radius 2 is 1.94 bits per heavy atom. The van der Waals surface area contributed by atoms with Gasteiger partial charge in [0, 0.05) is 41.3 Å². The first-order valence-corrected chi connectivity index (χ1v) is 12.1. The number of halogens is 1. The van der Waals surface area contributed by atoms with Gasteiger partial charge >= 0.3 is 0 Å². The molecule has 1 amide bonds. The zero-order chi connectivity index (χ0) is 22.9. The number of methoxy groups -OCH3 is 1. The van der Waals surface area contributed by atoms with Gasteiger partial charge in [-0.3, -0.25) is 10.1 Å². The Hall–Kier alpha value is -2.82.